The molecule has 3 N–H and O–H groups in total. The van der Waals surface area contributed by atoms with E-state index in [0.717, 1.165) is 57.5 Å². The smallest absolute Gasteiger partial charge is 0.242 e. The SMILES string of the molecule is Cc1ccc([C@]23OC[C@](C(C)(C)O)(O2)[C@@H](OCc2ccccc2)[C@H](OCc2ccccc2)[C@H]3OCc2ccccc2)cc1Cc1ccc(CCCC(=O)N[C@@H](C)C(=O)NCCN(C)C)cc1. The van der Waals surface area contributed by atoms with Gasteiger partial charge >= 0.3 is 0 Å². The Hall–Kier alpha value is -5.24. The zero-order valence-corrected chi connectivity index (χ0v) is 39.3. The zero-order chi connectivity index (χ0) is 46.7. The number of carbonyl (C=O) groups excluding carboxylic acids is 2. The summed E-state index contributed by atoms with van der Waals surface area (Å²) in [6.07, 6.45) is 0.00360. The molecular weight excluding hydrogens is 831 g/mol. The van der Waals surface area contributed by atoms with Crippen molar-refractivity contribution >= 4 is 11.8 Å². The van der Waals surface area contributed by atoms with E-state index in [1.165, 1.54) is 0 Å². The van der Waals surface area contributed by atoms with Crippen molar-refractivity contribution < 1.29 is 38.4 Å². The maximum Gasteiger partial charge on any atom is 0.242 e. The second kappa shape index (κ2) is 22.0. The fourth-order valence-electron chi connectivity index (χ4n) is 8.83. The summed E-state index contributed by atoms with van der Waals surface area (Å²) < 4.78 is 35.2. The second-order valence-electron chi connectivity index (χ2n) is 18.6. The molecule has 2 saturated heterocycles. The Morgan fingerprint density at radius 1 is 0.773 bits per heavy atom. The summed E-state index contributed by atoms with van der Waals surface area (Å²) in [4.78, 5) is 27.0. The van der Waals surface area contributed by atoms with E-state index in [-0.39, 0.29) is 38.2 Å². The lowest BCUT2D eigenvalue weighted by atomic mass is 9.74. The first-order chi connectivity index (χ1) is 31.8. The molecule has 2 aliphatic rings. The molecule has 2 amide bonds. The molecule has 7 rings (SSSR count). The van der Waals surface area contributed by atoms with E-state index in [2.05, 4.69) is 54.0 Å². The van der Waals surface area contributed by atoms with Gasteiger partial charge in [-0.1, -0.05) is 127 Å². The first kappa shape index (κ1) is 48.7. The van der Waals surface area contributed by atoms with Gasteiger partial charge in [0.1, 0.15) is 24.4 Å². The predicted octanol–water partition coefficient (Wildman–Crippen LogP) is 7.57. The minimum absolute atomic E-state index is 0.0318. The van der Waals surface area contributed by atoms with Crippen LogP contribution < -0.4 is 10.6 Å². The van der Waals surface area contributed by atoms with E-state index in [1.807, 2.05) is 116 Å². The third-order valence-electron chi connectivity index (χ3n) is 12.8. The molecule has 6 atom stereocenters. The Balaban J connectivity index is 1.13. The quantitative estimate of drug-likeness (QED) is 0.0645. The highest BCUT2D eigenvalue weighted by atomic mass is 16.8. The molecule has 2 bridgehead atoms. The molecule has 0 aliphatic carbocycles. The van der Waals surface area contributed by atoms with Crippen molar-refractivity contribution in [3.8, 4) is 0 Å². The number of hydrogen-bond acceptors (Lipinski definition) is 9. The Labute approximate surface area is 390 Å². The van der Waals surface area contributed by atoms with Crippen LogP contribution in [-0.4, -0.2) is 91.2 Å². The molecule has 0 radical (unpaired) electrons. The van der Waals surface area contributed by atoms with E-state index in [4.69, 9.17) is 23.7 Å². The normalized spacial score (nSPS) is 22.0. The predicted molar refractivity (Wildman–Crippen MR) is 255 cm³/mol. The van der Waals surface area contributed by atoms with Crippen LogP contribution in [0.25, 0.3) is 0 Å². The fraction of sp³-hybridized carbons (Fsp3) is 0.418. The molecular formula is C55H67N3O8. The number of hydrogen-bond donors (Lipinski definition) is 3. The second-order valence-corrected chi connectivity index (χ2v) is 18.6. The zero-order valence-electron chi connectivity index (χ0n) is 39.3. The number of nitrogens with one attached hydrogen (secondary N) is 2. The van der Waals surface area contributed by atoms with Crippen LogP contribution in [0.2, 0.25) is 0 Å². The van der Waals surface area contributed by atoms with Gasteiger partial charge in [0.25, 0.3) is 0 Å². The van der Waals surface area contributed by atoms with Gasteiger partial charge in [-0.3, -0.25) is 9.59 Å². The number of carbonyl (C=O) groups is 2. The van der Waals surface area contributed by atoms with Crippen LogP contribution in [-0.2, 0) is 71.7 Å². The van der Waals surface area contributed by atoms with Crippen LogP contribution in [0.1, 0.15) is 78.1 Å². The highest BCUT2D eigenvalue weighted by molar-refractivity contribution is 5.87. The molecule has 0 saturated carbocycles. The van der Waals surface area contributed by atoms with Crippen LogP contribution in [0, 0.1) is 6.92 Å². The van der Waals surface area contributed by atoms with E-state index in [1.54, 1.807) is 20.8 Å². The highest BCUT2D eigenvalue weighted by Crippen LogP contribution is 2.56. The third-order valence-corrected chi connectivity index (χ3v) is 12.8. The van der Waals surface area contributed by atoms with E-state index in [0.29, 0.717) is 25.8 Å². The maximum absolute atomic E-state index is 12.7. The van der Waals surface area contributed by atoms with Crippen molar-refractivity contribution in [1.29, 1.82) is 0 Å². The summed E-state index contributed by atoms with van der Waals surface area (Å²) in [5, 5.41) is 17.9. The van der Waals surface area contributed by atoms with Crippen LogP contribution in [0.4, 0.5) is 0 Å². The Kier molecular flexibility index (Phi) is 16.3. The Bertz CT molecular complexity index is 2320. The highest BCUT2D eigenvalue weighted by Gasteiger charge is 2.73. The van der Waals surface area contributed by atoms with Crippen LogP contribution in [0.5, 0.6) is 0 Å². The Morgan fingerprint density at radius 2 is 1.33 bits per heavy atom. The number of fused-ring (bicyclic) bond motifs is 2. The lowest BCUT2D eigenvalue weighted by Crippen LogP contribution is -2.72. The summed E-state index contributed by atoms with van der Waals surface area (Å²) in [5.74, 6) is -1.80. The van der Waals surface area contributed by atoms with E-state index >= 15 is 0 Å². The molecule has 350 valence electrons. The van der Waals surface area contributed by atoms with Gasteiger partial charge in [-0.15, -0.1) is 0 Å². The number of aliphatic hydroxyl groups is 1. The van der Waals surface area contributed by atoms with Crippen molar-refractivity contribution in [3.05, 3.63) is 178 Å². The Morgan fingerprint density at radius 3 is 1.91 bits per heavy atom. The maximum atomic E-state index is 12.7. The fourth-order valence-corrected chi connectivity index (χ4v) is 8.83. The van der Waals surface area contributed by atoms with E-state index in [9.17, 15) is 14.7 Å². The van der Waals surface area contributed by atoms with Gasteiger partial charge in [-0.2, -0.15) is 0 Å². The van der Waals surface area contributed by atoms with Gasteiger partial charge in [0, 0.05) is 25.1 Å². The summed E-state index contributed by atoms with van der Waals surface area (Å²) >= 11 is 0. The molecule has 2 aliphatic heterocycles. The lowest BCUT2D eigenvalue weighted by Gasteiger charge is -2.54. The molecule has 0 unspecified atom stereocenters. The summed E-state index contributed by atoms with van der Waals surface area (Å²) in [6.45, 7) is 9.40. The average Bonchev–Trinajstić information content (AvgIpc) is 3.68. The molecule has 11 nitrogen and oxygen atoms in total. The van der Waals surface area contributed by atoms with Crippen LogP contribution >= 0.6 is 0 Å². The number of aryl methyl sites for hydroxylation is 2. The van der Waals surface area contributed by atoms with Crippen LogP contribution in [0.3, 0.4) is 0 Å². The summed E-state index contributed by atoms with van der Waals surface area (Å²) in [6, 6.07) is 44.2. The standard InChI is InChI=1S/C55H67N3O8/c1-39-25-30-47(34-46(39)33-42-28-26-41(27-29-42)23-16-24-48(59)57-40(2)52(60)56-31-32-58(5)6)55-51(64-37-45-21-14-9-15-22-45)49(62-35-43-17-10-7-11-18-43)50(63-36-44-19-12-8-13-20-44)54(66-55,38-65-55)53(3,4)61/h7-15,17-22,25-30,34,40,49-51,61H,16,23-24,31-33,35-38H2,1-6H3,(H,56,60)(H,57,59)/t40-,49-,50-,51+,54-,55-/m0/s1. The number of likely N-dealkylation sites (N-methyl/N-ethyl adjacent to an activating group) is 1. The number of amides is 2. The van der Waals surface area contributed by atoms with Gasteiger partial charge in [0.2, 0.25) is 17.6 Å². The van der Waals surface area contributed by atoms with Gasteiger partial charge in [0.05, 0.1) is 32.0 Å². The molecule has 11 heteroatoms. The molecule has 5 aromatic rings. The number of nitrogens with zero attached hydrogens (tertiary/aromatic N) is 1. The average molecular weight is 898 g/mol. The van der Waals surface area contributed by atoms with E-state index < -0.39 is 41.3 Å². The van der Waals surface area contributed by atoms with Crippen molar-refractivity contribution in [2.24, 2.45) is 0 Å². The van der Waals surface area contributed by atoms with Gasteiger partial charge in [-0.05, 0) is 106 Å². The topological polar surface area (TPSA) is 128 Å². The third kappa shape index (κ3) is 11.8. The monoisotopic (exact) mass is 897 g/mol. The summed E-state index contributed by atoms with van der Waals surface area (Å²) in [7, 11) is 3.89. The van der Waals surface area contributed by atoms with Crippen molar-refractivity contribution in [2.45, 2.75) is 115 Å². The number of benzene rings is 5. The van der Waals surface area contributed by atoms with Gasteiger partial charge in [-0.25, -0.2) is 0 Å². The molecule has 0 spiro atoms. The van der Waals surface area contributed by atoms with Crippen molar-refractivity contribution in [1.82, 2.24) is 15.5 Å². The number of ether oxygens (including phenoxy) is 5. The van der Waals surface area contributed by atoms with Crippen LogP contribution in [0.15, 0.2) is 133 Å². The number of rotatable bonds is 22. The minimum atomic E-state index is -1.48. The minimum Gasteiger partial charge on any atom is -0.387 e. The largest absolute Gasteiger partial charge is 0.387 e. The van der Waals surface area contributed by atoms with Crippen molar-refractivity contribution in [3.63, 3.8) is 0 Å². The first-order valence-electron chi connectivity index (χ1n) is 23.2. The van der Waals surface area contributed by atoms with Gasteiger partial charge in [0.15, 0.2) is 5.60 Å². The molecule has 0 aromatic heterocycles. The molecule has 5 aromatic carbocycles. The molecule has 2 heterocycles. The molecule has 2 fully saturated rings. The van der Waals surface area contributed by atoms with Gasteiger partial charge < -0.3 is 44.3 Å². The van der Waals surface area contributed by atoms with Crippen molar-refractivity contribution in [2.75, 3.05) is 33.8 Å². The first-order valence-corrected chi connectivity index (χ1v) is 23.2. The lowest BCUT2D eigenvalue weighted by molar-refractivity contribution is -0.369. The summed E-state index contributed by atoms with van der Waals surface area (Å²) in [5.41, 5.74) is 5.38. The molecule has 66 heavy (non-hydrogen) atoms.